The van der Waals surface area contributed by atoms with Gasteiger partial charge in [-0.1, -0.05) is 58.4 Å². The van der Waals surface area contributed by atoms with Crippen LogP contribution in [0.3, 0.4) is 0 Å². The van der Waals surface area contributed by atoms with Gasteiger partial charge >= 0.3 is 0 Å². The van der Waals surface area contributed by atoms with Crippen molar-refractivity contribution in [1.29, 1.82) is 0 Å². The van der Waals surface area contributed by atoms with Crippen LogP contribution in [0.15, 0.2) is 90.1 Å². The maximum atomic E-state index is 14.0. The molecule has 5 aromatic rings. The number of carbonyl (C=O) groups excluding carboxylic acids is 1. The number of nitrogens with one attached hydrogen (secondary N) is 3. The predicted molar refractivity (Wildman–Crippen MR) is 251 cm³/mol. The number of likely N-dealkylation sites (tertiary alicyclic amines) is 1. The average Bonchev–Trinajstić information content (AvgIpc) is 3.95. The van der Waals surface area contributed by atoms with Gasteiger partial charge in [0.25, 0.3) is 21.6 Å². The molecule has 14 heteroatoms. The van der Waals surface area contributed by atoms with Gasteiger partial charge in [-0.05, 0) is 127 Å². The molecule has 2 aliphatic heterocycles. The van der Waals surface area contributed by atoms with Gasteiger partial charge < -0.3 is 19.9 Å². The summed E-state index contributed by atoms with van der Waals surface area (Å²) in [6, 6.07) is 22.2. The second-order valence-electron chi connectivity index (χ2n) is 20.0. The number of fused-ring (bicyclic) bond motifs is 1. The van der Waals surface area contributed by atoms with E-state index in [1.807, 2.05) is 12.1 Å². The number of rotatable bonds is 13. The van der Waals surface area contributed by atoms with Gasteiger partial charge in [-0.15, -0.1) is 0 Å². The second-order valence-corrected chi connectivity index (χ2v) is 21.7. The van der Waals surface area contributed by atoms with Gasteiger partial charge in [-0.25, -0.2) is 18.1 Å². The molecule has 2 aromatic heterocycles. The number of nitro groups is 1. The number of hydrogen-bond acceptors (Lipinski definition) is 10. The predicted octanol–water partition coefficient (Wildman–Crippen LogP) is 10.4. The van der Waals surface area contributed by atoms with Crippen LogP contribution in [-0.4, -0.2) is 72.9 Å². The van der Waals surface area contributed by atoms with Crippen molar-refractivity contribution in [1.82, 2.24) is 19.6 Å². The summed E-state index contributed by atoms with van der Waals surface area (Å²) < 4.78 is 36.1. The van der Waals surface area contributed by atoms with Gasteiger partial charge in [0.05, 0.1) is 21.6 Å². The van der Waals surface area contributed by atoms with Crippen molar-refractivity contribution < 1.29 is 22.9 Å². The Hall–Kier alpha value is -5.47. The molecule has 9 rings (SSSR count). The Kier molecular flexibility index (Phi) is 12.0. The van der Waals surface area contributed by atoms with E-state index >= 15 is 0 Å². The number of pyridine rings is 1. The first-order valence-electron chi connectivity index (χ1n) is 23.1. The number of sulfonamides is 1. The highest BCUT2D eigenvalue weighted by Crippen LogP contribution is 2.49. The van der Waals surface area contributed by atoms with Crippen LogP contribution in [0.1, 0.15) is 119 Å². The van der Waals surface area contributed by atoms with E-state index in [1.54, 1.807) is 30.6 Å². The number of ether oxygens (including phenoxy) is 1. The molecule has 1 spiro atoms. The number of benzene rings is 3. The topological polar surface area (TPSA) is 163 Å². The van der Waals surface area contributed by atoms with Crippen molar-refractivity contribution in [3.63, 3.8) is 0 Å². The number of piperidine rings is 1. The number of nitrogens with zero attached hydrogens (tertiary/aromatic N) is 4. The Morgan fingerprint density at radius 3 is 2.48 bits per heavy atom. The van der Waals surface area contributed by atoms with Gasteiger partial charge in [-0.2, -0.15) is 0 Å². The van der Waals surface area contributed by atoms with E-state index in [0.29, 0.717) is 47.2 Å². The fourth-order valence-corrected chi connectivity index (χ4v) is 11.9. The zero-order chi connectivity index (χ0) is 44.8. The molecule has 4 fully saturated rings. The third-order valence-electron chi connectivity index (χ3n) is 14.8. The van der Waals surface area contributed by atoms with Crippen LogP contribution in [0.5, 0.6) is 11.5 Å². The quantitative estimate of drug-likeness (QED) is 0.0766. The van der Waals surface area contributed by atoms with E-state index in [4.69, 9.17) is 4.74 Å². The van der Waals surface area contributed by atoms with Crippen molar-refractivity contribution in [2.24, 2.45) is 16.7 Å². The minimum Gasteiger partial charge on any atom is -0.455 e. The highest BCUT2D eigenvalue weighted by Gasteiger charge is 2.49. The Balaban J connectivity index is 0.895. The summed E-state index contributed by atoms with van der Waals surface area (Å²) in [5.41, 5.74) is 5.00. The van der Waals surface area contributed by atoms with E-state index in [-0.39, 0.29) is 33.0 Å². The number of H-pyrrole nitrogens is 1. The fraction of sp³-hybridized carbons (Fsp3) is 0.480. The van der Waals surface area contributed by atoms with E-state index < -0.39 is 20.9 Å². The molecule has 4 heterocycles. The number of anilines is 2. The molecule has 3 aromatic carbocycles. The standard InChI is InChI=1S/C50H61N7O6S/c1-33(2)39-8-5-6-9-40(39)41-10-7-11-44(41)56-31-50(32-56)21-24-55(25-22-50)36-12-14-42(46(27-36)63-37-26-35-18-23-51-47(35)53-30-37)48(58)54-64(61,62)38-13-15-43(45(28-38)57(59)60)52-29-34-16-19-49(3,4)20-17-34/h5-6,8-9,12-15,18,23,26-28,30,33-34,41,44,52H,7,10-11,16-17,19-22,24-25,29,31-32H2,1-4H3,(H,51,53)(H,54,58)/t41-,44-/m1/s1. The van der Waals surface area contributed by atoms with Gasteiger partial charge in [0.1, 0.15) is 22.8 Å². The third-order valence-corrected chi connectivity index (χ3v) is 16.1. The molecule has 1 amide bonds. The number of hydrogen-bond donors (Lipinski definition) is 3. The first kappa shape index (κ1) is 43.8. The molecule has 0 unspecified atom stereocenters. The number of nitro benzene ring substituents is 1. The minimum absolute atomic E-state index is 0.00166. The van der Waals surface area contributed by atoms with E-state index in [2.05, 4.69) is 81.8 Å². The molecule has 0 radical (unpaired) electrons. The van der Waals surface area contributed by atoms with Crippen molar-refractivity contribution in [2.45, 2.75) is 108 Å². The Labute approximate surface area is 376 Å². The normalized spacial score (nSPS) is 21.2. The molecule has 338 valence electrons. The van der Waals surface area contributed by atoms with Crippen LogP contribution in [0.25, 0.3) is 11.0 Å². The summed E-state index contributed by atoms with van der Waals surface area (Å²) in [7, 11) is -4.53. The monoisotopic (exact) mass is 887 g/mol. The molecule has 13 nitrogen and oxygen atoms in total. The van der Waals surface area contributed by atoms with Gasteiger partial charge in [0, 0.05) is 68.2 Å². The maximum Gasteiger partial charge on any atom is 0.293 e. The lowest BCUT2D eigenvalue weighted by Crippen LogP contribution is -2.63. The zero-order valence-corrected chi connectivity index (χ0v) is 38.3. The summed E-state index contributed by atoms with van der Waals surface area (Å²) in [6.45, 7) is 13.6. The largest absolute Gasteiger partial charge is 0.455 e. The lowest BCUT2D eigenvalue weighted by atomic mass is 9.70. The van der Waals surface area contributed by atoms with Crippen LogP contribution < -0.4 is 19.7 Å². The molecule has 2 saturated carbocycles. The van der Waals surface area contributed by atoms with Crippen LogP contribution >= 0.6 is 0 Å². The van der Waals surface area contributed by atoms with E-state index in [9.17, 15) is 23.3 Å². The van der Waals surface area contributed by atoms with Crippen LogP contribution in [0, 0.1) is 26.9 Å². The molecule has 64 heavy (non-hydrogen) atoms. The molecule has 0 bridgehead atoms. The zero-order valence-electron chi connectivity index (χ0n) is 37.4. The molecule has 3 N–H and O–H groups in total. The first-order valence-corrected chi connectivity index (χ1v) is 24.6. The third kappa shape index (κ3) is 9.08. The SMILES string of the molecule is CC(C)c1ccccc1[C@H]1CCC[C@H]1N1CC2(CCN(c3ccc(C(=O)NS(=O)(=O)c4ccc(NCC5CCC(C)(C)CC5)c([N+](=O)[O-])c4)c(Oc4cnc5[nH]ccc5c4)c3)CC2)C1. The smallest absolute Gasteiger partial charge is 0.293 e. The van der Waals surface area contributed by atoms with E-state index in [0.717, 1.165) is 81.8 Å². The van der Waals surface area contributed by atoms with E-state index in [1.165, 1.54) is 42.5 Å². The van der Waals surface area contributed by atoms with Crippen LogP contribution in [0.2, 0.25) is 0 Å². The molecule has 2 atom stereocenters. The minimum atomic E-state index is -4.53. The van der Waals surface area contributed by atoms with Crippen molar-refractivity contribution in [3.8, 4) is 11.5 Å². The number of carbonyl (C=O) groups is 1. The highest BCUT2D eigenvalue weighted by atomic mass is 32.2. The molecular weight excluding hydrogens is 827 g/mol. The second kappa shape index (κ2) is 17.5. The number of aromatic nitrogens is 2. The summed E-state index contributed by atoms with van der Waals surface area (Å²) in [5.74, 6) is 1.09. The molecule has 2 saturated heterocycles. The fourth-order valence-electron chi connectivity index (χ4n) is 10.9. The molecule has 2 aliphatic carbocycles. The van der Waals surface area contributed by atoms with Crippen molar-refractivity contribution in [2.75, 3.05) is 42.9 Å². The number of aromatic amines is 1. The van der Waals surface area contributed by atoms with Crippen LogP contribution in [0.4, 0.5) is 17.1 Å². The van der Waals surface area contributed by atoms with Crippen molar-refractivity contribution in [3.05, 3.63) is 112 Å². The summed E-state index contributed by atoms with van der Waals surface area (Å²) >= 11 is 0. The first-order chi connectivity index (χ1) is 30.7. The van der Waals surface area contributed by atoms with Crippen molar-refractivity contribution >= 4 is 44.0 Å². The summed E-state index contributed by atoms with van der Waals surface area (Å²) in [4.78, 5) is 37.8. The Morgan fingerprint density at radius 1 is 0.969 bits per heavy atom. The summed E-state index contributed by atoms with van der Waals surface area (Å²) in [6.07, 6.45) is 13.4. The maximum absolute atomic E-state index is 14.0. The summed E-state index contributed by atoms with van der Waals surface area (Å²) in [5, 5.41) is 16.2. The Morgan fingerprint density at radius 2 is 1.73 bits per heavy atom. The molecule has 4 aliphatic rings. The lowest BCUT2D eigenvalue weighted by Gasteiger charge is -2.57. The lowest BCUT2D eigenvalue weighted by molar-refractivity contribution is -0.384. The van der Waals surface area contributed by atoms with Gasteiger partial charge in [-0.3, -0.25) is 19.8 Å². The average molecular weight is 888 g/mol. The number of amides is 1. The van der Waals surface area contributed by atoms with Gasteiger partial charge in [0.15, 0.2) is 0 Å². The molecular formula is C50H61N7O6S. The highest BCUT2D eigenvalue weighted by molar-refractivity contribution is 7.90. The van der Waals surface area contributed by atoms with Gasteiger partial charge in [0.2, 0.25) is 0 Å². The van der Waals surface area contributed by atoms with Crippen LogP contribution in [-0.2, 0) is 10.0 Å². The Bertz CT molecular complexity index is 2640.